The molecule has 5 heteroatoms. The monoisotopic (exact) mass is 387 g/mol. The maximum Gasteiger partial charge on any atom is 0.146 e. The Balaban J connectivity index is 2.21. The third kappa shape index (κ3) is 4.36. The molecule has 0 fully saturated rings. The van der Waals surface area contributed by atoms with Crippen LogP contribution < -0.4 is 10.1 Å². The minimum Gasteiger partial charge on any atom is -0.455 e. The van der Waals surface area contributed by atoms with E-state index in [9.17, 15) is 0 Å². The zero-order chi connectivity index (χ0) is 15.4. The smallest absolute Gasteiger partial charge is 0.146 e. The van der Waals surface area contributed by atoms with Gasteiger partial charge in [0.2, 0.25) is 0 Å². The molecular formula is C16H16BrCl2NO. The van der Waals surface area contributed by atoms with Crippen LogP contribution in [0.2, 0.25) is 10.0 Å². The van der Waals surface area contributed by atoms with Crippen LogP contribution in [0.25, 0.3) is 0 Å². The van der Waals surface area contributed by atoms with E-state index in [-0.39, 0.29) is 6.04 Å². The number of nitrogens with one attached hydrogen (secondary N) is 1. The third-order valence-electron chi connectivity index (χ3n) is 3.08. The van der Waals surface area contributed by atoms with Crippen molar-refractivity contribution in [3.8, 4) is 11.5 Å². The Kier molecular flexibility index (Phi) is 5.94. The van der Waals surface area contributed by atoms with E-state index in [4.69, 9.17) is 27.9 Å². The van der Waals surface area contributed by atoms with Gasteiger partial charge >= 0.3 is 0 Å². The van der Waals surface area contributed by atoms with Gasteiger partial charge in [0, 0.05) is 11.1 Å². The molecule has 1 N–H and O–H groups in total. The van der Waals surface area contributed by atoms with Gasteiger partial charge in [-0.25, -0.2) is 0 Å². The SMILES string of the molecule is CCNC(C)c1ccc(Oc2ccc(Cl)cc2Br)c(Cl)c1. The number of rotatable bonds is 5. The Morgan fingerprint density at radius 2 is 1.86 bits per heavy atom. The lowest BCUT2D eigenvalue weighted by molar-refractivity contribution is 0.479. The zero-order valence-electron chi connectivity index (χ0n) is 11.8. The first-order valence-electron chi connectivity index (χ1n) is 6.67. The van der Waals surface area contributed by atoms with Crippen molar-refractivity contribution in [1.82, 2.24) is 5.32 Å². The van der Waals surface area contributed by atoms with Crippen LogP contribution in [-0.2, 0) is 0 Å². The standard InChI is InChI=1S/C16H16BrCl2NO/c1-3-20-10(2)11-4-6-16(14(19)8-11)21-15-7-5-12(18)9-13(15)17/h4-10,20H,3H2,1-2H3. The highest BCUT2D eigenvalue weighted by molar-refractivity contribution is 9.10. The van der Waals surface area contributed by atoms with E-state index in [1.165, 1.54) is 0 Å². The summed E-state index contributed by atoms with van der Waals surface area (Å²) in [6.07, 6.45) is 0. The van der Waals surface area contributed by atoms with Crippen molar-refractivity contribution in [2.24, 2.45) is 0 Å². The molecule has 0 aliphatic carbocycles. The van der Waals surface area contributed by atoms with Gasteiger partial charge < -0.3 is 10.1 Å². The molecule has 0 heterocycles. The van der Waals surface area contributed by atoms with E-state index in [2.05, 4.69) is 35.1 Å². The van der Waals surface area contributed by atoms with Crippen LogP contribution >= 0.6 is 39.1 Å². The number of hydrogen-bond acceptors (Lipinski definition) is 2. The average molecular weight is 389 g/mol. The van der Waals surface area contributed by atoms with E-state index >= 15 is 0 Å². The molecule has 0 aliphatic heterocycles. The van der Waals surface area contributed by atoms with Crippen LogP contribution in [0.15, 0.2) is 40.9 Å². The van der Waals surface area contributed by atoms with Crippen molar-refractivity contribution in [3.63, 3.8) is 0 Å². The highest BCUT2D eigenvalue weighted by Gasteiger charge is 2.10. The number of ether oxygens (including phenoxy) is 1. The lowest BCUT2D eigenvalue weighted by atomic mass is 10.1. The summed E-state index contributed by atoms with van der Waals surface area (Å²) in [6, 6.07) is 11.4. The van der Waals surface area contributed by atoms with Crippen LogP contribution in [0.4, 0.5) is 0 Å². The Hall–Kier alpha value is -0.740. The van der Waals surface area contributed by atoms with Gasteiger partial charge in [0.05, 0.1) is 9.50 Å². The molecule has 112 valence electrons. The normalized spacial score (nSPS) is 12.2. The molecule has 0 saturated carbocycles. The largest absolute Gasteiger partial charge is 0.455 e. The van der Waals surface area contributed by atoms with E-state index in [1.807, 2.05) is 18.2 Å². The molecule has 0 spiro atoms. The van der Waals surface area contributed by atoms with Crippen LogP contribution in [0, 0.1) is 0 Å². The quantitative estimate of drug-likeness (QED) is 0.656. The molecule has 2 aromatic carbocycles. The van der Waals surface area contributed by atoms with E-state index < -0.39 is 0 Å². The summed E-state index contributed by atoms with van der Waals surface area (Å²) < 4.78 is 6.62. The number of halogens is 3. The maximum absolute atomic E-state index is 6.31. The van der Waals surface area contributed by atoms with Crippen molar-refractivity contribution in [2.45, 2.75) is 19.9 Å². The zero-order valence-corrected chi connectivity index (χ0v) is 14.9. The van der Waals surface area contributed by atoms with Gasteiger partial charge in [-0.3, -0.25) is 0 Å². The summed E-state index contributed by atoms with van der Waals surface area (Å²) in [7, 11) is 0. The Bertz CT molecular complexity index is 634. The first-order chi connectivity index (χ1) is 10.0. The second-order valence-electron chi connectivity index (χ2n) is 4.65. The van der Waals surface area contributed by atoms with Crippen LogP contribution in [0.1, 0.15) is 25.5 Å². The topological polar surface area (TPSA) is 21.3 Å². The van der Waals surface area contributed by atoms with E-state index in [0.717, 1.165) is 16.6 Å². The second-order valence-corrected chi connectivity index (χ2v) is 6.34. The molecule has 1 unspecified atom stereocenters. The lowest BCUT2D eigenvalue weighted by Crippen LogP contribution is -2.17. The molecule has 0 aliphatic rings. The average Bonchev–Trinajstić information content (AvgIpc) is 2.44. The van der Waals surface area contributed by atoms with Crippen LogP contribution in [0.3, 0.4) is 0 Å². The first kappa shape index (κ1) is 16.6. The van der Waals surface area contributed by atoms with Gasteiger partial charge in [0.25, 0.3) is 0 Å². The van der Waals surface area contributed by atoms with Crippen LogP contribution in [-0.4, -0.2) is 6.54 Å². The lowest BCUT2D eigenvalue weighted by Gasteiger charge is -2.15. The number of hydrogen-bond donors (Lipinski definition) is 1. The molecule has 0 aromatic heterocycles. The van der Waals surface area contributed by atoms with Gasteiger partial charge in [-0.05, 0) is 65.3 Å². The fourth-order valence-electron chi connectivity index (χ4n) is 1.97. The van der Waals surface area contributed by atoms with Crippen molar-refractivity contribution in [2.75, 3.05) is 6.54 Å². The summed E-state index contributed by atoms with van der Waals surface area (Å²) in [6.45, 7) is 5.09. The van der Waals surface area contributed by atoms with Gasteiger partial charge in [0.1, 0.15) is 11.5 Å². The van der Waals surface area contributed by atoms with Crippen molar-refractivity contribution in [3.05, 3.63) is 56.5 Å². The van der Waals surface area contributed by atoms with Gasteiger partial charge in [0.15, 0.2) is 0 Å². The summed E-state index contributed by atoms with van der Waals surface area (Å²) in [5.74, 6) is 1.29. The Labute approximate surface area is 143 Å². The molecule has 0 radical (unpaired) electrons. The molecule has 2 rings (SSSR count). The predicted molar refractivity (Wildman–Crippen MR) is 92.8 cm³/mol. The second kappa shape index (κ2) is 7.50. The summed E-state index contributed by atoms with van der Waals surface area (Å²) in [4.78, 5) is 0. The van der Waals surface area contributed by atoms with E-state index in [1.54, 1.807) is 18.2 Å². The first-order valence-corrected chi connectivity index (χ1v) is 8.22. The maximum atomic E-state index is 6.31. The van der Waals surface area contributed by atoms with Crippen molar-refractivity contribution in [1.29, 1.82) is 0 Å². The summed E-state index contributed by atoms with van der Waals surface area (Å²) in [5.41, 5.74) is 1.13. The molecule has 0 amide bonds. The van der Waals surface area contributed by atoms with Gasteiger partial charge in [-0.1, -0.05) is 36.2 Å². The van der Waals surface area contributed by atoms with Gasteiger partial charge in [-0.2, -0.15) is 0 Å². The molecule has 0 saturated heterocycles. The van der Waals surface area contributed by atoms with Gasteiger partial charge in [-0.15, -0.1) is 0 Å². The van der Waals surface area contributed by atoms with E-state index in [0.29, 0.717) is 21.5 Å². The molecule has 2 aromatic rings. The minimum atomic E-state index is 0.254. The Morgan fingerprint density at radius 1 is 1.14 bits per heavy atom. The molecular weight excluding hydrogens is 373 g/mol. The third-order valence-corrected chi connectivity index (χ3v) is 4.23. The van der Waals surface area contributed by atoms with Crippen molar-refractivity contribution >= 4 is 39.1 Å². The molecule has 1 atom stereocenters. The summed E-state index contributed by atoms with van der Waals surface area (Å²) in [5, 5.41) is 4.58. The van der Waals surface area contributed by atoms with Crippen molar-refractivity contribution < 1.29 is 4.74 Å². The fourth-order valence-corrected chi connectivity index (χ4v) is 2.96. The minimum absolute atomic E-state index is 0.254. The molecule has 2 nitrogen and oxygen atoms in total. The predicted octanol–water partition coefficient (Wildman–Crippen LogP) is 6.22. The molecule has 0 bridgehead atoms. The highest BCUT2D eigenvalue weighted by Crippen LogP contribution is 2.36. The highest BCUT2D eigenvalue weighted by atomic mass is 79.9. The molecule has 21 heavy (non-hydrogen) atoms. The summed E-state index contributed by atoms with van der Waals surface area (Å²) >= 11 is 15.7. The number of benzene rings is 2. The van der Waals surface area contributed by atoms with Crippen LogP contribution in [0.5, 0.6) is 11.5 Å². The Morgan fingerprint density at radius 3 is 2.48 bits per heavy atom. The fraction of sp³-hybridized carbons (Fsp3) is 0.250.